The second-order valence-electron chi connectivity index (χ2n) is 8.18. The van der Waals surface area contributed by atoms with E-state index >= 15 is 0 Å². The zero-order valence-corrected chi connectivity index (χ0v) is 20.1. The van der Waals surface area contributed by atoms with Crippen molar-refractivity contribution < 1.29 is 18.7 Å². The number of benzene rings is 3. The maximum absolute atomic E-state index is 13.2. The van der Waals surface area contributed by atoms with E-state index < -0.39 is 0 Å². The molecule has 0 fully saturated rings. The lowest BCUT2D eigenvalue weighted by atomic mass is 10.1. The molecule has 0 bridgehead atoms. The van der Waals surface area contributed by atoms with Crippen LogP contribution in [0.3, 0.4) is 0 Å². The second-order valence-corrected chi connectivity index (χ2v) is 8.18. The lowest BCUT2D eigenvalue weighted by Crippen LogP contribution is -2.34. The van der Waals surface area contributed by atoms with E-state index in [0.29, 0.717) is 37.0 Å². The number of hydrogen-bond donors (Lipinski definition) is 1. The average Bonchev–Trinajstić information content (AvgIpc) is 3.41. The summed E-state index contributed by atoms with van der Waals surface area (Å²) in [6.45, 7) is 3.25. The zero-order valence-electron chi connectivity index (χ0n) is 20.1. The monoisotopic (exact) mass is 470 g/mol. The number of carbonyl (C=O) groups excluding carboxylic acids is 1. The van der Waals surface area contributed by atoms with E-state index in [1.54, 1.807) is 18.3 Å². The first-order chi connectivity index (χ1) is 17.1. The molecule has 1 aromatic heterocycles. The molecule has 0 aliphatic carbocycles. The maximum Gasteiger partial charge on any atom is 0.322 e. The van der Waals surface area contributed by atoms with Gasteiger partial charge in [0.1, 0.15) is 12.4 Å². The molecule has 180 valence electrons. The minimum absolute atomic E-state index is 0.214. The number of aryl methyl sites for hydroxylation is 1. The van der Waals surface area contributed by atoms with Gasteiger partial charge in [-0.15, -0.1) is 0 Å². The zero-order chi connectivity index (χ0) is 24.5. The molecular weight excluding hydrogens is 440 g/mol. The molecule has 6 heteroatoms. The van der Waals surface area contributed by atoms with Gasteiger partial charge in [0.15, 0.2) is 11.5 Å². The molecular formula is C29H30N2O4. The fraction of sp³-hybridized carbons (Fsp3) is 0.207. The van der Waals surface area contributed by atoms with E-state index in [2.05, 4.69) is 12.2 Å². The van der Waals surface area contributed by atoms with Gasteiger partial charge in [0, 0.05) is 12.2 Å². The van der Waals surface area contributed by atoms with Crippen LogP contribution in [-0.4, -0.2) is 18.0 Å². The summed E-state index contributed by atoms with van der Waals surface area (Å²) in [6, 6.07) is 27.0. The van der Waals surface area contributed by atoms with Crippen molar-refractivity contribution in [1.29, 1.82) is 0 Å². The van der Waals surface area contributed by atoms with E-state index in [0.717, 1.165) is 23.2 Å². The lowest BCUT2D eigenvalue weighted by Gasteiger charge is -2.23. The number of anilines is 1. The Balaban J connectivity index is 1.48. The third kappa shape index (κ3) is 6.67. The highest BCUT2D eigenvalue weighted by Crippen LogP contribution is 2.29. The maximum atomic E-state index is 13.2. The highest BCUT2D eigenvalue weighted by atomic mass is 16.5. The molecule has 0 radical (unpaired) electrons. The topological polar surface area (TPSA) is 63.9 Å². The molecule has 3 aromatic carbocycles. The van der Waals surface area contributed by atoms with Gasteiger partial charge in [-0.05, 0) is 59.5 Å². The predicted octanol–water partition coefficient (Wildman–Crippen LogP) is 6.66. The van der Waals surface area contributed by atoms with Crippen LogP contribution in [0.25, 0.3) is 0 Å². The number of ether oxygens (including phenoxy) is 2. The number of hydrogen-bond acceptors (Lipinski definition) is 4. The summed E-state index contributed by atoms with van der Waals surface area (Å²) >= 11 is 0. The molecule has 1 N–H and O–H groups in total. The number of nitrogens with zero attached hydrogens (tertiary/aromatic N) is 1. The molecule has 1 heterocycles. The van der Waals surface area contributed by atoms with Crippen LogP contribution in [0.2, 0.25) is 0 Å². The van der Waals surface area contributed by atoms with Gasteiger partial charge >= 0.3 is 6.03 Å². The number of methoxy groups -OCH3 is 1. The van der Waals surface area contributed by atoms with Crippen LogP contribution in [0.5, 0.6) is 11.5 Å². The Kier molecular flexibility index (Phi) is 8.07. The Morgan fingerprint density at radius 1 is 0.857 bits per heavy atom. The Hall–Kier alpha value is -4.19. The molecule has 0 aliphatic rings. The Bertz CT molecular complexity index is 1210. The molecule has 0 aliphatic heterocycles. The predicted molar refractivity (Wildman–Crippen MR) is 137 cm³/mol. The Morgan fingerprint density at radius 3 is 2.31 bits per heavy atom. The lowest BCUT2D eigenvalue weighted by molar-refractivity contribution is 0.201. The van der Waals surface area contributed by atoms with Gasteiger partial charge in [0.2, 0.25) is 0 Å². The van der Waals surface area contributed by atoms with Crippen LogP contribution in [0.15, 0.2) is 95.6 Å². The summed E-state index contributed by atoms with van der Waals surface area (Å²) in [7, 11) is 1.61. The first-order valence-corrected chi connectivity index (χ1v) is 11.7. The molecule has 2 amide bonds. The molecule has 35 heavy (non-hydrogen) atoms. The number of carbonyl (C=O) groups is 1. The normalized spacial score (nSPS) is 10.6. The van der Waals surface area contributed by atoms with Crippen molar-refractivity contribution in [3.63, 3.8) is 0 Å². The van der Waals surface area contributed by atoms with Crippen LogP contribution in [0, 0.1) is 0 Å². The van der Waals surface area contributed by atoms with Gasteiger partial charge in [-0.3, -0.25) is 0 Å². The van der Waals surface area contributed by atoms with E-state index in [-0.39, 0.29) is 6.03 Å². The smallest absolute Gasteiger partial charge is 0.322 e. The quantitative estimate of drug-likeness (QED) is 0.281. The molecule has 4 rings (SSSR count). The number of rotatable bonds is 10. The SMILES string of the molecule is CCc1ccc(NC(=O)N(Cc2ccc(OCc3ccccc3)c(OC)c2)Cc2ccco2)cc1. The number of nitrogens with one attached hydrogen (secondary N) is 1. The standard InChI is InChI=1S/C29H30N2O4/c1-3-22-11-14-25(15-12-22)30-29(32)31(20-26-10-7-17-34-26)19-24-13-16-27(28(18-24)33-2)35-21-23-8-5-4-6-9-23/h4-18H,3,19-21H2,1-2H3,(H,30,32). The van der Waals surface area contributed by atoms with Crippen molar-refractivity contribution in [3.05, 3.63) is 114 Å². The fourth-order valence-electron chi connectivity index (χ4n) is 3.70. The Morgan fingerprint density at radius 2 is 1.63 bits per heavy atom. The third-order valence-electron chi connectivity index (χ3n) is 5.67. The van der Waals surface area contributed by atoms with E-state index in [9.17, 15) is 4.79 Å². The summed E-state index contributed by atoms with van der Waals surface area (Å²) in [6.07, 6.45) is 2.56. The summed E-state index contributed by atoms with van der Waals surface area (Å²) in [5, 5.41) is 2.99. The van der Waals surface area contributed by atoms with Gasteiger partial charge in [0.25, 0.3) is 0 Å². The van der Waals surface area contributed by atoms with Crippen molar-refractivity contribution in [2.24, 2.45) is 0 Å². The van der Waals surface area contributed by atoms with Gasteiger partial charge in [0.05, 0.1) is 19.9 Å². The van der Waals surface area contributed by atoms with Crippen molar-refractivity contribution in [1.82, 2.24) is 4.90 Å². The average molecular weight is 471 g/mol. The van der Waals surface area contributed by atoms with E-state index in [4.69, 9.17) is 13.9 Å². The van der Waals surface area contributed by atoms with Crippen molar-refractivity contribution >= 4 is 11.7 Å². The van der Waals surface area contributed by atoms with Crippen LogP contribution in [-0.2, 0) is 26.1 Å². The summed E-state index contributed by atoms with van der Waals surface area (Å²) < 4.78 is 17.1. The highest BCUT2D eigenvalue weighted by molar-refractivity contribution is 5.89. The minimum atomic E-state index is -0.214. The van der Waals surface area contributed by atoms with Gasteiger partial charge in [-0.2, -0.15) is 0 Å². The van der Waals surface area contributed by atoms with Crippen LogP contribution in [0.4, 0.5) is 10.5 Å². The number of urea groups is 1. The van der Waals surface area contributed by atoms with Crippen LogP contribution >= 0.6 is 0 Å². The van der Waals surface area contributed by atoms with Crippen molar-refractivity contribution in [3.8, 4) is 11.5 Å². The van der Waals surface area contributed by atoms with Crippen molar-refractivity contribution in [2.75, 3.05) is 12.4 Å². The first kappa shape index (κ1) is 24.0. The Labute approximate surface area is 206 Å². The van der Waals surface area contributed by atoms with Gasteiger partial charge < -0.3 is 24.1 Å². The molecule has 0 saturated carbocycles. The summed E-state index contributed by atoms with van der Waals surface area (Å²) in [4.78, 5) is 14.9. The summed E-state index contributed by atoms with van der Waals surface area (Å²) in [5.41, 5.74) is 3.96. The third-order valence-corrected chi connectivity index (χ3v) is 5.67. The first-order valence-electron chi connectivity index (χ1n) is 11.7. The second kappa shape index (κ2) is 11.8. The van der Waals surface area contributed by atoms with Crippen molar-refractivity contribution in [2.45, 2.75) is 33.0 Å². The van der Waals surface area contributed by atoms with Crippen LogP contribution < -0.4 is 14.8 Å². The largest absolute Gasteiger partial charge is 0.493 e. The van der Waals surface area contributed by atoms with E-state index in [1.165, 1.54) is 5.56 Å². The molecule has 0 atom stereocenters. The number of amides is 2. The van der Waals surface area contributed by atoms with Crippen LogP contribution in [0.1, 0.15) is 29.4 Å². The van der Waals surface area contributed by atoms with E-state index in [1.807, 2.05) is 84.9 Å². The number of furan rings is 1. The molecule has 6 nitrogen and oxygen atoms in total. The minimum Gasteiger partial charge on any atom is -0.493 e. The molecule has 0 spiro atoms. The van der Waals surface area contributed by atoms with Gasteiger partial charge in [-0.25, -0.2) is 4.79 Å². The fourth-order valence-corrected chi connectivity index (χ4v) is 3.70. The summed E-state index contributed by atoms with van der Waals surface area (Å²) in [5.74, 6) is 1.97. The molecule has 0 unspecified atom stereocenters. The highest BCUT2D eigenvalue weighted by Gasteiger charge is 2.18. The molecule has 4 aromatic rings. The molecule has 0 saturated heterocycles. The van der Waals surface area contributed by atoms with Gasteiger partial charge in [-0.1, -0.05) is 55.5 Å².